The van der Waals surface area contributed by atoms with E-state index < -0.39 is 0 Å². The number of furan rings is 1. The molecule has 0 atom stereocenters. The molecule has 2 nitrogen and oxygen atoms in total. The van der Waals surface area contributed by atoms with E-state index in [9.17, 15) is 0 Å². The van der Waals surface area contributed by atoms with Gasteiger partial charge in [0.1, 0.15) is 11.3 Å². The molecular weight excluding hydrogens is 474 g/mol. The van der Waals surface area contributed by atoms with Crippen LogP contribution in [0.5, 0.6) is 0 Å². The minimum Gasteiger partial charge on any atom is -0.456 e. The lowest BCUT2D eigenvalue weighted by Crippen LogP contribution is -2.10. The van der Waals surface area contributed by atoms with E-state index in [-0.39, 0.29) is 5.41 Å². The Labute approximate surface area is 230 Å². The maximum atomic E-state index is 6.29. The monoisotopic (exact) mass is 505 g/mol. The second kappa shape index (κ2) is 9.03. The van der Waals surface area contributed by atoms with E-state index in [0.29, 0.717) is 0 Å². The summed E-state index contributed by atoms with van der Waals surface area (Å²) >= 11 is 0. The molecule has 6 aromatic rings. The van der Waals surface area contributed by atoms with E-state index in [0.717, 1.165) is 40.1 Å². The van der Waals surface area contributed by atoms with Crippen molar-refractivity contribution in [2.45, 2.75) is 32.6 Å². The van der Waals surface area contributed by atoms with E-state index in [2.05, 4.69) is 129 Å². The van der Waals surface area contributed by atoms with Crippen molar-refractivity contribution in [2.24, 2.45) is 0 Å². The number of para-hydroxylation sites is 1. The third-order valence-electron chi connectivity index (χ3n) is 7.81. The molecule has 0 fully saturated rings. The van der Waals surface area contributed by atoms with Gasteiger partial charge in [0.2, 0.25) is 0 Å². The zero-order chi connectivity index (χ0) is 26.6. The number of hydrogen-bond acceptors (Lipinski definition) is 2. The quantitative estimate of drug-likeness (QED) is 0.257. The summed E-state index contributed by atoms with van der Waals surface area (Å²) in [5.74, 6) is 0.873. The first kappa shape index (κ1) is 23.5. The second-order valence-electron chi connectivity index (χ2n) is 11.6. The molecule has 0 saturated carbocycles. The molecule has 1 aliphatic carbocycles. The predicted molar refractivity (Wildman–Crippen MR) is 164 cm³/mol. The highest BCUT2D eigenvalue weighted by Crippen LogP contribution is 2.40. The van der Waals surface area contributed by atoms with Crippen molar-refractivity contribution < 1.29 is 4.42 Å². The summed E-state index contributed by atoms with van der Waals surface area (Å²) in [4.78, 5) is 0. The van der Waals surface area contributed by atoms with Crippen LogP contribution < -0.4 is 5.32 Å². The molecule has 0 saturated heterocycles. The molecule has 0 spiro atoms. The Morgan fingerprint density at radius 1 is 0.590 bits per heavy atom. The van der Waals surface area contributed by atoms with Gasteiger partial charge in [0.05, 0.1) is 0 Å². The summed E-state index contributed by atoms with van der Waals surface area (Å²) in [7, 11) is 0. The van der Waals surface area contributed by atoms with Gasteiger partial charge in [-0.15, -0.1) is 0 Å². The molecule has 7 rings (SSSR count). The molecular formula is C37H31NO. The Balaban J connectivity index is 1.31. The lowest BCUT2D eigenvalue weighted by atomic mass is 9.87. The smallest absolute Gasteiger partial charge is 0.135 e. The Morgan fingerprint density at radius 3 is 2.15 bits per heavy atom. The molecule has 0 unspecified atom stereocenters. The maximum absolute atomic E-state index is 6.29. The molecule has 190 valence electrons. The maximum Gasteiger partial charge on any atom is 0.135 e. The summed E-state index contributed by atoms with van der Waals surface area (Å²) in [6.07, 6.45) is 0.980. The third kappa shape index (κ3) is 4.42. The van der Waals surface area contributed by atoms with E-state index in [1.54, 1.807) is 0 Å². The van der Waals surface area contributed by atoms with E-state index >= 15 is 0 Å². The molecule has 2 heteroatoms. The van der Waals surface area contributed by atoms with Crippen molar-refractivity contribution in [1.82, 2.24) is 0 Å². The van der Waals surface area contributed by atoms with Crippen molar-refractivity contribution in [1.29, 1.82) is 0 Å². The van der Waals surface area contributed by atoms with E-state index in [4.69, 9.17) is 4.42 Å². The average molecular weight is 506 g/mol. The highest BCUT2D eigenvalue weighted by molar-refractivity contribution is 5.86. The Hall–Kier alpha value is -4.56. The van der Waals surface area contributed by atoms with Gasteiger partial charge in [-0.05, 0) is 93.2 Å². The van der Waals surface area contributed by atoms with Crippen molar-refractivity contribution >= 4 is 22.3 Å². The zero-order valence-electron chi connectivity index (χ0n) is 22.6. The summed E-state index contributed by atoms with van der Waals surface area (Å²) in [6, 6.07) is 41.4. The largest absolute Gasteiger partial charge is 0.456 e. The molecule has 0 amide bonds. The summed E-state index contributed by atoms with van der Waals surface area (Å²) in [5.41, 5.74) is 13.4. The Bertz CT molecular complexity index is 1800. The molecule has 39 heavy (non-hydrogen) atoms. The van der Waals surface area contributed by atoms with E-state index in [1.807, 2.05) is 12.1 Å². The van der Waals surface area contributed by atoms with Crippen LogP contribution in [0.2, 0.25) is 0 Å². The topological polar surface area (TPSA) is 25.2 Å². The SMILES string of the molecule is CC(C)(C)c1ccc(Nc2cc(-c3ccc4c(c3)Cc3ccccc3-4)cc(-c3cc4ccccc4o3)c2)cc1. The normalized spacial score (nSPS) is 12.4. The van der Waals surface area contributed by atoms with Crippen molar-refractivity contribution in [3.63, 3.8) is 0 Å². The van der Waals surface area contributed by atoms with Crippen LogP contribution in [0, 0.1) is 0 Å². The van der Waals surface area contributed by atoms with Crippen LogP contribution in [0.25, 0.3) is 44.5 Å². The van der Waals surface area contributed by atoms with Gasteiger partial charge in [-0.25, -0.2) is 0 Å². The van der Waals surface area contributed by atoms with Crippen molar-refractivity contribution in [3.8, 4) is 33.6 Å². The first-order chi connectivity index (χ1) is 18.9. The van der Waals surface area contributed by atoms with Gasteiger partial charge in [-0.2, -0.15) is 0 Å². The van der Waals surface area contributed by atoms with Gasteiger partial charge >= 0.3 is 0 Å². The highest BCUT2D eigenvalue weighted by Gasteiger charge is 2.19. The molecule has 1 N–H and O–H groups in total. The first-order valence-corrected chi connectivity index (χ1v) is 13.6. The number of hydrogen-bond donors (Lipinski definition) is 1. The number of benzene rings is 5. The van der Waals surface area contributed by atoms with Crippen LogP contribution in [0.15, 0.2) is 120 Å². The number of fused-ring (bicyclic) bond motifs is 4. The number of anilines is 2. The van der Waals surface area contributed by atoms with Gasteiger partial charge in [0.15, 0.2) is 0 Å². The molecule has 0 bridgehead atoms. The standard InChI is InChI=1S/C37H31NO/c1-37(2,3)30-13-15-31(16-14-30)38-32-21-27(20-29(22-32)36-23-26-9-5-7-11-35(26)39-36)24-12-17-34-28(18-24)19-25-8-4-6-10-33(25)34/h4-18,20-23,38H,19H2,1-3H3. The fraction of sp³-hybridized carbons (Fsp3) is 0.135. The van der Waals surface area contributed by atoms with Crippen LogP contribution in [0.1, 0.15) is 37.5 Å². The lowest BCUT2D eigenvalue weighted by molar-refractivity contribution is 0.590. The van der Waals surface area contributed by atoms with Gasteiger partial charge in [-0.3, -0.25) is 0 Å². The van der Waals surface area contributed by atoms with Crippen LogP contribution in [0.4, 0.5) is 11.4 Å². The minimum absolute atomic E-state index is 0.125. The summed E-state index contributed by atoms with van der Waals surface area (Å²) in [5, 5.41) is 4.77. The van der Waals surface area contributed by atoms with E-state index in [1.165, 1.54) is 38.9 Å². The fourth-order valence-corrected chi connectivity index (χ4v) is 5.68. The number of rotatable bonds is 4. The van der Waals surface area contributed by atoms with Crippen LogP contribution in [-0.2, 0) is 11.8 Å². The van der Waals surface area contributed by atoms with Crippen molar-refractivity contribution in [2.75, 3.05) is 5.32 Å². The summed E-state index contributed by atoms with van der Waals surface area (Å²) < 4.78 is 6.29. The van der Waals surface area contributed by atoms with Crippen molar-refractivity contribution in [3.05, 3.63) is 132 Å². The third-order valence-corrected chi connectivity index (χ3v) is 7.81. The van der Waals surface area contributed by atoms with Gasteiger partial charge in [0, 0.05) is 22.3 Å². The first-order valence-electron chi connectivity index (χ1n) is 13.6. The number of nitrogens with one attached hydrogen (secondary N) is 1. The van der Waals surface area contributed by atoms with Gasteiger partial charge < -0.3 is 9.73 Å². The Morgan fingerprint density at radius 2 is 1.33 bits per heavy atom. The highest BCUT2D eigenvalue weighted by atomic mass is 16.3. The van der Waals surface area contributed by atoms with Gasteiger partial charge in [-0.1, -0.05) is 93.6 Å². The molecule has 1 aromatic heterocycles. The molecule has 0 radical (unpaired) electrons. The second-order valence-corrected chi connectivity index (χ2v) is 11.6. The summed E-state index contributed by atoms with van der Waals surface area (Å²) in [6.45, 7) is 6.73. The van der Waals surface area contributed by atoms with Gasteiger partial charge in [0.25, 0.3) is 0 Å². The molecule has 1 aliphatic rings. The van der Waals surface area contributed by atoms with Crippen LogP contribution in [-0.4, -0.2) is 0 Å². The van der Waals surface area contributed by atoms with Crippen LogP contribution >= 0.6 is 0 Å². The predicted octanol–water partition coefficient (Wildman–Crippen LogP) is 10.4. The molecule has 1 heterocycles. The fourth-order valence-electron chi connectivity index (χ4n) is 5.68. The molecule has 0 aliphatic heterocycles. The van der Waals surface area contributed by atoms with Crippen LogP contribution in [0.3, 0.4) is 0 Å². The lowest BCUT2D eigenvalue weighted by Gasteiger charge is -2.19. The average Bonchev–Trinajstić information content (AvgIpc) is 3.54. The molecule has 5 aromatic carbocycles. The minimum atomic E-state index is 0.125. The Kier molecular flexibility index (Phi) is 5.45. The zero-order valence-corrected chi connectivity index (χ0v) is 22.6.